The number of likely N-dealkylation sites (N-methyl/N-ethyl adjacent to an activating group) is 1. The van der Waals surface area contributed by atoms with Crippen LogP contribution in [0, 0.1) is 5.92 Å². The molecule has 0 N–H and O–H groups in total. The largest absolute Gasteiger partial charge is 1.00 e. The van der Waals surface area contributed by atoms with E-state index in [4.69, 9.17) is 0 Å². The van der Waals surface area contributed by atoms with E-state index in [2.05, 4.69) is 20.6 Å². The molecule has 13 heavy (non-hydrogen) atoms. The van der Waals surface area contributed by atoms with Crippen LogP contribution in [0.5, 0.6) is 0 Å². The number of hydrogen-bond acceptors (Lipinski definition) is 0. The summed E-state index contributed by atoms with van der Waals surface area (Å²) in [6.07, 6.45) is 4.45. The third-order valence-electron chi connectivity index (χ3n) is 3.70. The van der Waals surface area contributed by atoms with Crippen molar-refractivity contribution < 1.29 is 21.5 Å². The van der Waals surface area contributed by atoms with E-state index in [0.29, 0.717) is 0 Å². The fourth-order valence-electron chi connectivity index (χ4n) is 3.33. The Morgan fingerprint density at radius 3 is 2.54 bits per heavy atom. The van der Waals surface area contributed by atoms with Gasteiger partial charge < -0.3 is 21.5 Å². The minimum Gasteiger partial charge on any atom is -1.00 e. The molecule has 2 aliphatic rings. The van der Waals surface area contributed by atoms with Gasteiger partial charge in [-0.05, 0) is 25.3 Å². The highest BCUT2D eigenvalue weighted by Gasteiger charge is 2.47. The molecular formula is C11H20BrN. The molecule has 1 nitrogen and oxygen atoms in total. The van der Waals surface area contributed by atoms with E-state index >= 15 is 0 Å². The van der Waals surface area contributed by atoms with E-state index in [-0.39, 0.29) is 17.0 Å². The molecule has 0 radical (unpaired) electrons. The number of rotatable bonds is 2. The van der Waals surface area contributed by atoms with Gasteiger partial charge in [0.1, 0.15) is 0 Å². The number of hydrogen-bond donors (Lipinski definition) is 0. The number of quaternary nitrogens is 1. The molecule has 1 saturated heterocycles. The summed E-state index contributed by atoms with van der Waals surface area (Å²) in [5.74, 6) is 1.04. The predicted octanol–water partition coefficient (Wildman–Crippen LogP) is -0.805. The molecule has 2 fully saturated rings. The van der Waals surface area contributed by atoms with Crippen LogP contribution in [0.4, 0.5) is 0 Å². The van der Waals surface area contributed by atoms with Crippen LogP contribution in [-0.2, 0) is 0 Å². The standard InChI is InChI=1S/C11H20N.BrH/c1-9(2)7-12(3)8-10-4-5-11(12)6-10;/h10-11H,1,4-8H2,2-3H3;1H/q+1;/p-1/t10?,11-,12?;/m0./s1. The molecule has 0 amide bonds. The summed E-state index contributed by atoms with van der Waals surface area (Å²) >= 11 is 0. The first-order valence-corrected chi connectivity index (χ1v) is 5.09. The lowest BCUT2D eigenvalue weighted by Gasteiger charge is -2.38. The Morgan fingerprint density at radius 1 is 1.46 bits per heavy atom. The smallest absolute Gasteiger partial charge is 0.0998 e. The number of halogens is 1. The maximum atomic E-state index is 4.03. The lowest BCUT2D eigenvalue weighted by molar-refractivity contribution is -0.921. The lowest BCUT2D eigenvalue weighted by atomic mass is 10.1. The first kappa shape index (κ1) is 11.3. The van der Waals surface area contributed by atoms with Gasteiger partial charge in [0.15, 0.2) is 0 Å². The van der Waals surface area contributed by atoms with Crippen molar-refractivity contribution in [1.82, 2.24) is 0 Å². The van der Waals surface area contributed by atoms with Crippen molar-refractivity contribution in [3.05, 3.63) is 12.2 Å². The van der Waals surface area contributed by atoms with E-state index in [0.717, 1.165) is 12.0 Å². The molecule has 76 valence electrons. The summed E-state index contributed by atoms with van der Waals surface area (Å²) in [5.41, 5.74) is 1.35. The second kappa shape index (κ2) is 3.74. The van der Waals surface area contributed by atoms with Gasteiger partial charge in [0, 0.05) is 12.3 Å². The van der Waals surface area contributed by atoms with Gasteiger partial charge in [-0.1, -0.05) is 6.58 Å². The average Bonchev–Trinajstić information content (AvgIpc) is 2.42. The zero-order valence-electron chi connectivity index (χ0n) is 8.72. The third kappa shape index (κ3) is 1.99. The predicted molar refractivity (Wildman–Crippen MR) is 51.9 cm³/mol. The zero-order valence-corrected chi connectivity index (χ0v) is 10.3. The van der Waals surface area contributed by atoms with Crippen LogP contribution in [0.15, 0.2) is 12.2 Å². The molecule has 0 aromatic carbocycles. The van der Waals surface area contributed by atoms with Crippen molar-refractivity contribution in [1.29, 1.82) is 0 Å². The Morgan fingerprint density at radius 2 is 2.15 bits per heavy atom. The number of fused-ring (bicyclic) bond motifs is 2. The summed E-state index contributed by atoms with van der Waals surface area (Å²) < 4.78 is 1.29. The molecule has 0 spiro atoms. The molecule has 2 unspecified atom stereocenters. The molecule has 1 aliphatic heterocycles. The van der Waals surface area contributed by atoms with Crippen LogP contribution in [0.1, 0.15) is 26.2 Å². The van der Waals surface area contributed by atoms with E-state index in [1.807, 2.05) is 0 Å². The number of likely N-dealkylation sites (tertiary alicyclic amines) is 1. The molecule has 3 atom stereocenters. The first-order valence-electron chi connectivity index (χ1n) is 5.09. The van der Waals surface area contributed by atoms with Crippen molar-refractivity contribution in [2.45, 2.75) is 32.2 Å². The average molecular weight is 246 g/mol. The van der Waals surface area contributed by atoms with Crippen LogP contribution >= 0.6 is 0 Å². The van der Waals surface area contributed by atoms with Gasteiger partial charge in [0.25, 0.3) is 0 Å². The van der Waals surface area contributed by atoms with Crippen molar-refractivity contribution in [3.63, 3.8) is 0 Å². The zero-order chi connectivity index (χ0) is 8.77. The Labute approximate surface area is 92.2 Å². The molecular weight excluding hydrogens is 226 g/mol. The highest BCUT2D eigenvalue weighted by Crippen LogP contribution is 2.41. The Balaban J connectivity index is 0.000000845. The molecule has 2 heteroatoms. The van der Waals surface area contributed by atoms with Crippen LogP contribution in [-0.4, -0.2) is 30.7 Å². The highest BCUT2D eigenvalue weighted by molar-refractivity contribution is 4.92. The molecule has 2 bridgehead atoms. The minimum absolute atomic E-state index is 0. The van der Waals surface area contributed by atoms with E-state index in [1.165, 1.54) is 42.4 Å². The van der Waals surface area contributed by atoms with Crippen molar-refractivity contribution in [3.8, 4) is 0 Å². The van der Waals surface area contributed by atoms with E-state index < -0.39 is 0 Å². The van der Waals surface area contributed by atoms with Gasteiger partial charge >= 0.3 is 0 Å². The van der Waals surface area contributed by atoms with Crippen LogP contribution in [0.25, 0.3) is 0 Å². The van der Waals surface area contributed by atoms with Gasteiger partial charge in [-0.3, -0.25) is 0 Å². The van der Waals surface area contributed by atoms with Gasteiger partial charge in [-0.15, -0.1) is 0 Å². The summed E-state index contributed by atoms with van der Waals surface area (Å²) in [6.45, 7) is 8.82. The highest BCUT2D eigenvalue weighted by atomic mass is 79.9. The monoisotopic (exact) mass is 245 g/mol. The molecule has 0 aromatic rings. The first-order chi connectivity index (χ1) is 5.60. The Hall–Kier alpha value is 0.180. The molecule has 1 heterocycles. The minimum atomic E-state index is 0. The molecule has 0 aromatic heterocycles. The van der Waals surface area contributed by atoms with Crippen LogP contribution in [0.3, 0.4) is 0 Å². The second-order valence-electron chi connectivity index (χ2n) is 5.11. The van der Waals surface area contributed by atoms with E-state index in [9.17, 15) is 0 Å². The molecule has 1 aliphatic carbocycles. The summed E-state index contributed by atoms with van der Waals surface area (Å²) in [7, 11) is 2.42. The summed E-state index contributed by atoms with van der Waals surface area (Å²) in [5, 5.41) is 0. The topological polar surface area (TPSA) is 0 Å². The Kier molecular flexibility index (Phi) is 3.24. The second-order valence-corrected chi connectivity index (χ2v) is 5.11. The summed E-state index contributed by atoms with van der Waals surface area (Å²) in [4.78, 5) is 0. The fourth-order valence-corrected chi connectivity index (χ4v) is 3.33. The van der Waals surface area contributed by atoms with Gasteiger partial charge in [0.2, 0.25) is 0 Å². The molecule has 1 saturated carbocycles. The van der Waals surface area contributed by atoms with Crippen molar-refractivity contribution in [2.75, 3.05) is 20.1 Å². The van der Waals surface area contributed by atoms with Crippen LogP contribution < -0.4 is 17.0 Å². The number of piperidine rings is 1. The number of nitrogens with zero attached hydrogens (tertiary/aromatic N) is 1. The Bertz CT molecular complexity index is 214. The normalized spacial score (nSPS) is 41.7. The van der Waals surface area contributed by atoms with Crippen molar-refractivity contribution in [2.24, 2.45) is 5.92 Å². The van der Waals surface area contributed by atoms with Gasteiger partial charge in [-0.2, -0.15) is 0 Å². The van der Waals surface area contributed by atoms with Gasteiger partial charge in [-0.25, -0.2) is 0 Å². The SMILES string of the molecule is C=C(C)C[N+]1(C)CC2CC[C@H]1C2.[Br-]. The van der Waals surface area contributed by atoms with E-state index in [1.54, 1.807) is 0 Å². The molecule has 2 rings (SSSR count). The lowest BCUT2D eigenvalue weighted by Crippen LogP contribution is -3.00. The van der Waals surface area contributed by atoms with Crippen molar-refractivity contribution >= 4 is 0 Å². The third-order valence-corrected chi connectivity index (χ3v) is 3.70. The quantitative estimate of drug-likeness (QED) is 0.442. The van der Waals surface area contributed by atoms with Gasteiger partial charge in [0.05, 0.1) is 26.2 Å². The fraction of sp³-hybridized carbons (Fsp3) is 0.818. The van der Waals surface area contributed by atoms with Crippen LogP contribution in [0.2, 0.25) is 0 Å². The maximum Gasteiger partial charge on any atom is 0.0998 e. The maximum absolute atomic E-state index is 4.03. The summed E-state index contributed by atoms with van der Waals surface area (Å²) in [6, 6.07) is 0.965.